The molecule has 6 rings (SSSR count). The number of rotatable bonds is 5. The van der Waals surface area contributed by atoms with Crippen molar-refractivity contribution in [3.63, 3.8) is 0 Å². The number of nitrogens with zero attached hydrogens (tertiary/aromatic N) is 3. The first-order valence-corrected chi connectivity index (χ1v) is 12.1. The minimum atomic E-state index is 0.231. The van der Waals surface area contributed by atoms with E-state index >= 15 is 0 Å². The van der Waals surface area contributed by atoms with Crippen molar-refractivity contribution in [2.45, 2.75) is 58.9 Å². The number of hydrogen-bond acceptors (Lipinski definition) is 3. The Morgan fingerprint density at radius 2 is 2.00 bits per heavy atom. The zero-order chi connectivity index (χ0) is 22.4. The molecule has 1 atom stereocenters. The van der Waals surface area contributed by atoms with Crippen LogP contribution in [0.1, 0.15) is 57.2 Å². The average Bonchev–Trinajstić information content (AvgIpc) is 3.19. The Bertz CT molecular complexity index is 1140. The van der Waals surface area contributed by atoms with Crippen LogP contribution in [0, 0.1) is 12.8 Å². The van der Waals surface area contributed by atoms with Crippen molar-refractivity contribution >= 4 is 22.5 Å². The summed E-state index contributed by atoms with van der Waals surface area (Å²) in [6.45, 7) is 11.9. The second kappa shape index (κ2) is 8.36. The quantitative estimate of drug-likeness (QED) is 0.582. The van der Waals surface area contributed by atoms with E-state index in [-0.39, 0.29) is 11.9 Å². The number of aromatic nitrogens is 2. The summed E-state index contributed by atoms with van der Waals surface area (Å²) in [5.74, 6) is 1.20. The van der Waals surface area contributed by atoms with Crippen molar-refractivity contribution in [2.24, 2.45) is 5.92 Å². The third-order valence-corrected chi connectivity index (χ3v) is 7.39. The molecule has 3 fully saturated rings. The van der Waals surface area contributed by atoms with Gasteiger partial charge in [0.25, 0.3) is 0 Å². The first-order chi connectivity index (χ1) is 15.5. The van der Waals surface area contributed by atoms with Crippen molar-refractivity contribution in [1.29, 1.82) is 0 Å². The highest BCUT2D eigenvalue weighted by Crippen LogP contribution is 2.39. The number of piperidine rings is 3. The summed E-state index contributed by atoms with van der Waals surface area (Å²) < 4.78 is 0. The Hall–Kier alpha value is -2.66. The summed E-state index contributed by atoms with van der Waals surface area (Å²) in [5, 5.41) is 1.22. The lowest BCUT2D eigenvalue weighted by atomic mass is 9.82. The number of fused-ring (bicyclic) bond motifs is 4. The van der Waals surface area contributed by atoms with E-state index in [4.69, 9.17) is 0 Å². The van der Waals surface area contributed by atoms with Crippen LogP contribution in [0.5, 0.6) is 0 Å². The van der Waals surface area contributed by atoms with E-state index in [9.17, 15) is 4.79 Å². The van der Waals surface area contributed by atoms with Crippen LogP contribution in [0.3, 0.4) is 0 Å². The van der Waals surface area contributed by atoms with Gasteiger partial charge in [-0.15, -0.1) is 0 Å². The molecule has 5 nitrogen and oxygen atoms in total. The van der Waals surface area contributed by atoms with Crippen molar-refractivity contribution in [2.75, 3.05) is 24.5 Å². The van der Waals surface area contributed by atoms with Gasteiger partial charge in [0.15, 0.2) is 0 Å². The van der Waals surface area contributed by atoms with Gasteiger partial charge in [-0.1, -0.05) is 20.8 Å². The molecule has 32 heavy (non-hydrogen) atoms. The fourth-order valence-corrected chi connectivity index (χ4v) is 5.80. The fraction of sp³-hybridized carbons (Fsp3) is 0.481. The van der Waals surface area contributed by atoms with Gasteiger partial charge in [0.2, 0.25) is 5.91 Å². The van der Waals surface area contributed by atoms with Crippen molar-refractivity contribution in [3.05, 3.63) is 47.8 Å². The standard InChI is InChI=1S/C27H34N4O/c1-5-25(32)31(24-16-30-12-9-19(24)10-13-30)21-6-7-23-22(15-21)26(17(2)3)27(29-23)20-8-11-28-18(4)14-20/h6-8,11,14-15,17,19,24,29H,5,9-10,12-13,16H2,1-4H3. The zero-order valence-electron chi connectivity index (χ0n) is 19.7. The van der Waals surface area contributed by atoms with Crippen LogP contribution in [0.25, 0.3) is 22.2 Å². The summed E-state index contributed by atoms with van der Waals surface area (Å²) in [5.41, 5.74) is 6.82. The third kappa shape index (κ3) is 3.62. The minimum absolute atomic E-state index is 0.231. The maximum atomic E-state index is 13.2. The van der Waals surface area contributed by atoms with Gasteiger partial charge in [0.05, 0.1) is 11.7 Å². The Morgan fingerprint density at radius 1 is 1.22 bits per heavy atom. The zero-order valence-corrected chi connectivity index (χ0v) is 19.7. The first-order valence-electron chi connectivity index (χ1n) is 12.1. The Morgan fingerprint density at radius 3 is 2.62 bits per heavy atom. The van der Waals surface area contributed by atoms with Crippen molar-refractivity contribution in [3.8, 4) is 11.3 Å². The van der Waals surface area contributed by atoms with Gasteiger partial charge in [-0.3, -0.25) is 9.78 Å². The number of carbonyl (C=O) groups is 1. The van der Waals surface area contributed by atoms with Gasteiger partial charge in [-0.05, 0) is 80.6 Å². The number of H-pyrrole nitrogens is 1. The van der Waals surface area contributed by atoms with Crippen LogP contribution in [-0.4, -0.2) is 46.5 Å². The van der Waals surface area contributed by atoms with Gasteiger partial charge in [-0.2, -0.15) is 0 Å². The lowest BCUT2D eigenvalue weighted by molar-refractivity contribution is -0.119. The van der Waals surface area contributed by atoms with Crippen molar-refractivity contribution in [1.82, 2.24) is 14.9 Å². The molecule has 2 bridgehead atoms. The number of aromatic amines is 1. The fourth-order valence-electron chi connectivity index (χ4n) is 5.80. The molecule has 0 spiro atoms. The smallest absolute Gasteiger partial charge is 0.227 e. The minimum Gasteiger partial charge on any atom is -0.354 e. The number of aryl methyl sites for hydroxylation is 1. The number of pyridine rings is 1. The van der Waals surface area contributed by atoms with Gasteiger partial charge in [-0.25, -0.2) is 0 Å². The third-order valence-electron chi connectivity index (χ3n) is 7.39. The summed E-state index contributed by atoms with van der Waals surface area (Å²) in [6.07, 6.45) is 4.81. The lowest BCUT2D eigenvalue weighted by Gasteiger charge is -2.49. The molecule has 5 heterocycles. The second-order valence-electron chi connectivity index (χ2n) is 9.81. The summed E-state index contributed by atoms with van der Waals surface area (Å²) >= 11 is 0. The molecule has 3 saturated heterocycles. The monoisotopic (exact) mass is 430 g/mol. The Kier molecular flexibility index (Phi) is 5.54. The number of benzene rings is 1. The number of nitrogens with one attached hydrogen (secondary N) is 1. The molecular formula is C27H34N4O. The molecule has 1 unspecified atom stereocenters. The normalized spacial score (nSPS) is 22.6. The predicted molar refractivity (Wildman–Crippen MR) is 131 cm³/mol. The van der Waals surface area contributed by atoms with Gasteiger partial charge < -0.3 is 14.8 Å². The number of carbonyl (C=O) groups excluding carboxylic acids is 1. The van der Waals surface area contributed by atoms with Crippen LogP contribution in [0.2, 0.25) is 0 Å². The molecule has 3 aromatic rings. The van der Waals surface area contributed by atoms with Gasteiger partial charge in [0, 0.05) is 47.0 Å². The molecule has 0 radical (unpaired) electrons. The van der Waals surface area contributed by atoms with E-state index < -0.39 is 0 Å². The van der Waals surface area contributed by atoms with E-state index in [2.05, 4.69) is 63.9 Å². The number of hydrogen-bond donors (Lipinski definition) is 1. The Labute approximate surface area is 190 Å². The topological polar surface area (TPSA) is 52.2 Å². The highest BCUT2D eigenvalue weighted by Gasteiger charge is 2.39. The first kappa shape index (κ1) is 21.2. The van der Waals surface area contributed by atoms with E-state index in [1.807, 2.05) is 20.0 Å². The van der Waals surface area contributed by atoms with Crippen LogP contribution in [-0.2, 0) is 4.79 Å². The maximum Gasteiger partial charge on any atom is 0.227 e. The molecule has 1 N–H and O–H groups in total. The van der Waals surface area contributed by atoms with Gasteiger partial charge >= 0.3 is 0 Å². The predicted octanol–water partition coefficient (Wildman–Crippen LogP) is 5.50. The molecule has 1 amide bonds. The van der Waals surface area contributed by atoms with E-state index in [0.29, 0.717) is 18.3 Å². The van der Waals surface area contributed by atoms with Crippen LogP contribution < -0.4 is 4.90 Å². The SMILES string of the molecule is CCC(=O)N(c1ccc2[nH]c(-c3ccnc(C)c3)c(C(C)C)c2c1)C1CN2CCC1CC2. The van der Waals surface area contributed by atoms with Crippen LogP contribution >= 0.6 is 0 Å². The molecule has 0 saturated carbocycles. The molecule has 0 aliphatic carbocycles. The Balaban J connectivity index is 1.62. The molecule has 3 aliphatic heterocycles. The second-order valence-corrected chi connectivity index (χ2v) is 9.81. The maximum absolute atomic E-state index is 13.2. The molecule has 2 aromatic heterocycles. The highest BCUT2D eigenvalue weighted by atomic mass is 16.2. The van der Waals surface area contributed by atoms with Gasteiger partial charge in [0.1, 0.15) is 0 Å². The van der Waals surface area contributed by atoms with E-state index in [1.165, 1.54) is 36.9 Å². The molecule has 1 aromatic carbocycles. The summed E-state index contributed by atoms with van der Waals surface area (Å²) in [4.78, 5) is 25.9. The van der Waals surface area contributed by atoms with E-state index in [0.717, 1.165) is 34.7 Å². The van der Waals surface area contributed by atoms with Crippen LogP contribution in [0.15, 0.2) is 36.5 Å². The van der Waals surface area contributed by atoms with E-state index in [1.54, 1.807) is 0 Å². The molecule has 168 valence electrons. The summed E-state index contributed by atoms with van der Waals surface area (Å²) in [6, 6.07) is 11.0. The summed E-state index contributed by atoms with van der Waals surface area (Å²) in [7, 11) is 0. The average molecular weight is 431 g/mol. The number of anilines is 1. The largest absolute Gasteiger partial charge is 0.354 e. The molecular weight excluding hydrogens is 396 g/mol. The van der Waals surface area contributed by atoms with Crippen LogP contribution in [0.4, 0.5) is 5.69 Å². The number of amides is 1. The molecule has 3 aliphatic rings. The molecule has 5 heteroatoms. The highest BCUT2D eigenvalue weighted by molar-refractivity contribution is 5.99. The van der Waals surface area contributed by atoms with Crippen molar-refractivity contribution < 1.29 is 4.79 Å². The lowest BCUT2D eigenvalue weighted by Crippen LogP contribution is -2.59.